The first-order valence-corrected chi connectivity index (χ1v) is 5.22. The summed E-state index contributed by atoms with van der Waals surface area (Å²) >= 11 is 0. The van der Waals surface area contributed by atoms with Gasteiger partial charge in [-0.2, -0.15) is 0 Å². The molecule has 0 unspecified atom stereocenters. The summed E-state index contributed by atoms with van der Waals surface area (Å²) in [7, 11) is 3.35. The van der Waals surface area contributed by atoms with Crippen molar-refractivity contribution in [3.63, 3.8) is 0 Å². The molecule has 0 spiro atoms. The van der Waals surface area contributed by atoms with E-state index in [2.05, 4.69) is 6.07 Å². The van der Waals surface area contributed by atoms with Gasteiger partial charge in [0.15, 0.2) is 0 Å². The number of benzene rings is 1. The quantitative estimate of drug-likeness (QED) is 0.823. The molecule has 0 saturated heterocycles. The lowest BCUT2D eigenvalue weighted by Gasteiger charge is -2.33. The third-order valence-corrected chi connectivity index (χ3v) is 3.06. The molecular weight excluding hydrogens is 190 g/mol. The van der Waals surface area contributed by atoms with Crippen LogP contribution >= 0.6 is 0 Å². The lowest BCUT2D eigenvalue weighted by Crippen LogP contribution is -2.34. The predicted molar refractivity (Wildman–Crippen MR) is 59.5 cm³/mol. The fourth-order valence-corrected chi connectivity index (χ4v) is 2.07. The molecule has 0 atom stereocenters. The number of rotatable bonds is 3. The summed E-state index contributed by atoms with van der Waals surface area (Å²) in [6, 6.07) is 6.34. The molecule has 0 bridgehead atoms. The van der Waals surface area contributed by atoms with Gasteiger partial charge in [0.2, 0.25) is 0 Å². The van der Waals surface area contributed by atoms with E-state index < -0.39 is 0 Å². The van der Waals surface area contributed by atoms with Crippen LogP contribution in [0, 0.1) is 0 Å². The fourth-order valence-electron chi connectivity index (χ4n) is 2.07. The van der Waals surface area contributed by atoms with Crippen molar-refractivity contribution >= 4 is 0 Å². The maximum atomic E-state index is 5.79. The molecule has 0 aromatic heterocycles. The highest BCUT2D eigenvalue weighted by atomic mass is 16.5. The molecule has 1 saturated carbocycles. The van der Waals surface area contributed by atoms with Gasteiger partial charge in [0.1, 0.15) is 11.5 Å². The minimum atomic E-state index is 0.363. The van der Waals surface area contributed by atoms with E-state index in [1.807, 2.05) is 12.1 Å². The summed E-state index contributed by atoms with van der Waals surface area (Å²) in [5.74, 6) is 2.30. The van der Waals surface area contributed by atoms with E-state index in [1.54, 1.807) is 14.2 Å². The molecular formula is C12H17NO2. The summed E-state index contributed by atoms with van der Waals surface area (Å²) in [5, 5.41) is 0. The molecule has 1 aromatic rings. The summed E-state index contributed by atoms with van der Waals surface area (Å²) in [4.78, 5) is 0. The Labute approximate surface area is 90.2 Å². The molecule has 1 aliphatic rings. The number of hydrogen-bond acceptors (Lipinski definition) is 3. The van der Waals surface area contributed by atoms with Crippen LogP contribution in [0.15, 0.2) is 18.2 Å². The van der Waals surface area contributed by atoms with Crippen molar-refractivity contribution in [3.8, 4) is 11.5 Å². The Bertz CT molecular complexity index is 345. The highest BCUT2D eigenvalue weighted by Gasteiger charge is 2.29. The minimum Gasteiger partial charge on any atom is -0.497 e. The molecule has 2 rings (SSSR count). The van der Waals surface area contributed by atoms with Crippen LogP contribution in [0.1, 0.15) is 24.3 Å². The predicted octanol–water partition coefficient (Wildman–Crippen LogP) is 1.91. The Kier molecular flexibility index (Phi) is 2.82. The highest BCUT2D eigenvalue weighted by Crippen LogP contribution is 2.41. The first-order chi connectivity index (χ1) is 7.24. The number of ether oxygens (including phenoxy) is 2. The second kappa shape index (κ2) is 4.11. The zero-order valence-corrected chi connectivity index (χ0v) is 9.19. The van der Waals surface area contributed by atoms with Gasteiger partial charge >= 0.3 is 0 Å². The number of methoxy groups -OCH3 is 2. The van der Waals surface area contributed by atoms with Crippen LogP contribution in [0.5, 0.6) is 11.5 Å². The number of hydrogen-bond donors (Lipinski definition) is 1. The Balaban J connectivity index is 2.23. The Hall–Kier alpha value is -1.22. The molecule has 2 N–H and O–H groups in total. The van der Waals surface area contributed by atoms with Crippen molar-refractivity contribution in [2.45, 2.75) is 24.8 Å². The van der Waals surface area contributed by atoms with Crippen LogP contribution in [0.25, 0.3) is 0 Å². The molecule has 1 aromatic carbocycles. The molecule has 82 valence electrons. The maximum absolute atomic E-state index is 5.79. The number of nitrogens with two attached hydrogens (primary N) is 1. The van der Waals surface area contributed by atoms with Crippen molar-refractivity contribution in [2.24, 2.45) is 5.73 Å². The van der Waals surface area contributed by atoms with E-state index in [1.165, 1.54) is 5.56 Å². The summed E-state index contributed by atoms with van der Waals surface area (Å²) < 4.78 is 10.5. The van der Waals surface area contributed by atoms with Crippen molar-refractivity contribution in [1.29, 1.82) is 0 Å². The largest absolute Gasteiger partial charge is 0.497 e. The van der Waals surface area contributed by atoms with E-state index in [0.717, 1.165) is 24.3 Å². The molecule has 0 radical (unpaired) electrons. The van der Waals surface area contributed by atoms with Gasteiger partial charge in [0.05, 0.1) is 14.2 Å². The first kappa shape index (κ1) is 10.3. The Morgan fingerprint density at radius 3 is 2.47 bits per heavy atom. The monoisotopic (exact) mass is 207 g/mol. The SMILES string of the molecule is COc1ccc(C2CC(N)C2)c(OC)c1. The summed E-state index contributed by atoms with van der Waals surface area (Å²) in [6.45, 7) is 0. The van der Waals surface area contributed by atoms with E-state index in [9.17, 15) is 0 Å². The molecule has 0 amide bonds. The molecule has 0 aliphatic heterocycles. The average molecular weight is 207 g/mol. The maximum Gasteiger partial charge on any atom is 0.126 e. The van der Waals surface area contributed by atoms with Crippen LogP contribution in [0.3, 0.4) is 0 Å². The molecule has 0 heterocycles. The Morgan fingerprint density at radius 2 is 1.93 bits per heavy atom. The van der Waals surface area contributed by atoms with Gasteiger partial charge in [0.25, 0.3) is 0 Å². The Morgan fingerprint density at radius 1 is 1.20 bits per heavy atom. The van der Waals surface area contributed by atoms with E-state index in [-0.39, 0.29) is 0 Å². The third-order valence-electron chi connectivity index (χ3n) is 3.06. The lowest BCUT2D eigenvalue weighted by atomic mass is 9.76. The van der Waals surface area contributed by atoms with Gasteiger partial charge in [0, 0.05) is 12.1 Å². The van der Waals surface area contributed by atoms with Crippen LogP contribution in [-0.4, -0.2) is 20.3 Å². The van der Waals surface area contributed by atoms with Crippen LogP contribution in [-0.2, 0) is 0 Å². The van der Waals surface area contributed by atoms with Crippen molar-refractivity contribution in [2.75, 3.05) is 14.2 Å². The molecule has 1 fully saturated rings. The van der Waals surface area contributed by atoms with E-state index in [4.69, 9.17) is 15.2 Å². The highest BCUT2D eigenvalue weighted by molar-refractivity contribution is 5.43. The zero-order valence-electron chi connectivity index (χ0n) is 9.19. The van der Waals surface area contributed by atoms with Gasteiger partial charge in [-0.15, -0.1) is 0 Å². The second-order valence-electron chi connectivity index (χ2n) is 4.04. The fraction of sp³-hybridized carbons (Fsp3) is 0.500. The molecule has 1 aliphatic carbocycles. The van der Waals surface area contributed by atoms with Crippen LogP contribution in [0.4, 0.5) is 0 Å². The average Bonchev–Trinajstić information content (AvgIpc) is 2.24. The van der Waals surface area contributed by atoms with Crippen molar-refractivity contribution < 1.29 is 9.47 Å². The zero-order chi connectivity index (χ0) is 10.8. The molecule has 3 nitrogen and oxygen atoms in total. The lowest BCUT2D eigenvalue weighted by molar-refractivity contribution is 0.331. The topological polar surface area (TPSA) is 44.5 Å². The van der Waals surface area contributed by atoms with Crippen LogP contribution in [0.2, 0.25) is 0 Å². The van der Waals surface area contributed by atoms with Crippen LogP contribution < -0.4 is 15.2 Å². The van der Waals surface area contributed by atoms with E-state index >= 15 is 0 Å². The van der Waals surface area contributed by atoms with Gasteiger partial charge in [-0.25, -0.2) is 0 Å². The molecule has 3 heteroatoms. The summed E-state index contributed by atoms with van der Waals surface area (Å²) in [5.41, 5.74) is 7.04. The summed E-state index contributed by atoms with van der Waals surface area (Å²) in [6.07, 6.45) is 2.12. The van der Waals surface area contributed by atoms with Gasteiger partial charge in [-0.1, -0.05) is 6.07 Å². The third kappa shape index (κ3) is 1.92. The molecule has 15 heavy (non-hydrogen) atoms. The van der Waals surface area contributed by atoms with Crippen molar-refractivity contribution in [1.82, 2.24) is 0 Å². The van der Waals surface area contributed by atoms with Gasteiger partial charge in [-0.3, -0.25) is 0 Å². The van der Waals surface area contributed by atoms with Gasteiger partial charge in [-0.05, 0) is 30.4 Å². The first-order valence-electron chi connectivity index (χ1n) is 5.22. The smallest absolute Gasteiger partial charge is 0.126 e. The standard InChI is InChI=1S/C12H17NO2/c1-14-10-3-4-11(12(7-10)15-2)8-5-9(13)6-8/h3-4,7-9H,5-6,13H2,1-2H3. The minimum absolute atomic E-state index is 0.363. The van der Waals surface area contributed by atoms with E-state index in [0.29, 0.717) is 12.0 Å². The second-order valence-corrected chi connectivity index (χ2v) is 4.04. The van der Waals surface area contributed by atoms with Gasteiger partial charge < -0.3 is 15.2 Å². The van der Waals surface area contributed by atoms with Crippen molar-refractivity contribution in [3.05, 3.63) is 23.8 Å². The normalized spacial score (nSPS) is 24.5.